The van der Waals surface area contributed by atoms with Gasteiger partial charge in [-0.05, 0) is 0 Å². The van der Waals surface area contributed by atoms with Gasteiger partial charge in [0.1, 0.15) is 0 Å². The monoisotopic (exact) mass is 334 g/mol. The van der Waals surface area contributed by atoms with Crippen LogP contribution in [0.15, 0.2) is 47.3 Å². The molecule has 6 heteroatoms. The topological polar surface area (TPSA) is 65.1 Å². The fraction of sp³-hybridized carbons (Fsp3) is 0.0714. The van der Waals surface area contributed by atoms with Gasteiger partial charge < -0.3 is 0 Å². The van der Waals surface area contributed by atoms with Crippen molar-refractivity contribution < 1.29 is 4.92 Å². The Labute approximate surface area is 120 Å². The van der Waals surface area contributed by atoms with Crippen molar-refractivity contribution in [2.75, 3.05) is 0 Å². The van der Waals surface area contributed by atoms with E-state index in [2.05, 4.69) is 0 Å². The molecule has 0 fully saturated rings. The minimum atomic E-state index is -0.436. The molecule has 3 aromatic rings. The number of hydrogen-bond acceptors (Lipinski definition) is 3. The van der Waals surface area contributed by atoms with E-state index in [1.165, 1.54) is 9.63 Å². The molecule has 0 bridgehead atoms. The minimum absolute atomic E-state index is 0.0203. The zero-order valence-corrected chi connectivity index (χ0v) is 12.3. The second-order valence-corrected chi connectivity index (χ2v) is 6.51. The Morgan fingerprint density at radius 1 is 1.20 bits per heavy atom. The van der Waals surface area contributed by atoms with Crippen LogP contribution in [0.5, 0.6) is 0 Å². The zero-order chi connectivity index (χ0) is 14.3. The van der Waals surface area contributed by atoms with E-state index in [1.54, 1.807) is 31.2 Å². The number of nitrogens with zero attached hydrogens (tertiary/aromatic N) is 2. The summed E-state index contributed by atoms with van der Waals surface area (Å²) in [6.07, 6.45) is 0. The summed E-state index contributed by atoms with van der Waals surface area (Å²) in [6.45, 7) is 1.79. The van der Waals surface area contributed by atoms with Gasteiger partial charge in [-0.15, -0.1) is 0 Å². The summed E-state index contributed by atoms with van der Waals surface area (Å²) >= 11 is -0.256. The first kappa shape index (κ1) is 12.8. The van der Waals surface area contributed by atoms with Gasteiger partial charge in [0.25, 0.3) is 0 Å². The number of aryl methyl sites for hydroxylation is 1. The number of aromatic nitrogens is 1. The molecule has 3 rings (SSSR count). The van der Waals surface area contributed by atoms with Crippen molar-refractivity contribution in [2.24, 2.45) is 0 Å². The predicted octanol–water partition coefficient (Wildman–Crippen LogP) is 2.26. The van der Waals surface area contributed by atoms with Crippen molar-refractivity contribution in [1.29, 1.82) is 0 Å². The molecule has 0 aliphatic heterocycles. The van der Waals surface area contributed by atoms with E-state index >= 15 is 0 Å². The van der Waals surface area contributed by atoms with E-state index in [0.29, 0.717) is 11.1 Å². The average molecular weight is 333 g/mol. The van der Waals surface area contributed by atoms with E-state index < -0.39 is 4.92 Å². The Morgan fingerprint density at radius 3 is 2.65 bits per heavy atom. The summed E-state index contributed by atoms with van der Waals surface area (Å²) in [5.74, 6) is 0. The first-order chi connectivity index (χ1) is 9.58. The maximum atomic E-state index is 12.4. The third kappa shape index (κ3) is 1.99. The Balaban J connectivity index is 2.34. The molecule has 0 saturated carbocycles. The SMILES string of the molecule is Cc1ccc(-n2[se]c3ccccc3c2=O)c([N+](=O)[O-])c1. The second kappa shape index (κ2) is 4.74. The Hall–Kier alpha value is -2.17. The third-order valence-electron chi connectivity index (χ3n) is 3.04. The fourth-order valence-corrected chi connectivity index (χ4v) is 4.23. The fourth-order valence-electron chi connectivity index (χ4n) is 2.08. The Morgan fingerprint density at radius 2 is 1.95 bits per heavy atom. The van der Waals surface area contributed by atoms with Crippen molar-refractivity contribution in [1.82, 2.24) is 3.56 Å². The summed E-state index contributed by atoms with van der Waals surface area (Å²) in [7, 11) is 0. The van der Waals surface area contributed by atoms with Gasteiger partial charge in [-0.3, -0.25) is 0 Å². The number of hydrogen-bond donors (Lipinski definition) is 0. The van der Waals surface area contributed by atoms with Crippen molar-refractivity contribution in [3.8, 4) is 5.69 Å². The number of nitro benzene ring substituents is 1. The number of fused-ring (bicyclic) bond motifs is 1. The molecule has 0 aliphatic carbocycles. The van der Waals surface area contributed by atoms with E-state index in [1.807, 2.05) is 12.1 Å². The molecule has 0 spiro atoms. The molecule has 20 heavy (non-hydrogen) atoms. The summed E-state index contributed by atoms with van der Waals surface area (Å²) in [6, 6.07) is 12.3. The van der Waals surface area contributed by atoms with Crippen LogP contribution in [0.25, 0.3) is 15.3 Å². The molecule has 1 heterocycles. The Bertz CT molecular complexity index is 880. The van der Waals surface area contributed by atoms with Crippen LogP contribution in [0.3, 0.4) is 0 Å². The van der Waals surface area contributed by atoms with Crippen LogP contribution in [-0.2, 0) is 0 Å². The summed E-state index contributed by atoms with van der Waals surface area (Å²) < 4.78 is 2.48. The molecule has 1 aromatic heterocycles. The van der Waals surface area contributed by atoms with Gasteiger partial charge in [0, 0.05) is 0 Å². The first-order valence-electron chi connectivity index (χ1n) is 5.94. The van der Waals surface area contributed by atoms with Crippen LogP contribution < -0.4 is 5.56 Å². The number of nitro groups is 1. The van der Waals surface area contributed by atoms with Gasteiger partial charge in [0.15, 0.2) is 0 Å². The predicted molar refractivity (Wildman–Crippen MR) is 77.9 cm³/mol. The third-order valence-corrected chi connectivity index (χ3v) is 5.34. The first-order valence-corrected chi connectivity index (χ1v) is 7.56. The van der Waals surface area contributed by atoms with E-state index in [0.717, 1.165) is 9.82 Å². The molecular weight excluding hydrogens is 323 g/mol. The molecule has 100 valence electrons. The van der Waals surface area contributed by atoms with Gasteiger partial charge in [-0.2, -0.15) is 0 Å². The van der Waals surface area contributed by atoms with Crippen LogP contribution >= 0.6 is 0 Å². The molecule has 0 amide bonds. The van der Waals surface area contributed by atoms with Crippen molar-refractivity contribution in [2.45, 2.75) is 6.92 Å². The van der Waals surface area contributed by atoms with Gasteiger partial charge in [0.05, 0.1) is 0 Å². The summed E-state index contributed by atoms with van der Waals surface area (Å²) in [5.41, 5.74) is 1.000. The molecule has 0 aliphatic rings. The molecule has 0 saturated heterocycles. The number of rotatable bonds is 2. The quantitative estimate of drug-likeness (QED) is 0.410. The van der Waals surface area contributed by atoms with Crippen molar-refractivity contribution in [3.05, 3.63) is 68.5 Å². The van der Waals surface area contributed by atoms with Gasteiger partial charge >= 0.3 is 120 Å². The zero-order valence-electron chi connectivity index (χ0n) is 10.6. The summed E-state index contributed by atoms with van der Waals surface area (Å²) in [4.78, 5) is 23.1. The molecule has 5 nitrogen and oxygen atoms in total. The van der Waals surface area contributed by atoms with Crippen LogP contribution in [0, 0.1) is 17.0 Å². The normalized spacial score (nSPS) is 10.8. The van der Waals surface area contributed by atoms with Crippen LogP contribution in [0.2, 0.25) is 0 Å². The number of benzene rings is 2. The van der Waals surface area contributed by atoms with Crippen LogP contribution in [0.4, 0.5) is 5.69 Å². The summed E-state index contributed by atoms with van der Waals surface area (Å²) in [5, 5.41) is 11.8. The van der Waals surface area contributed by atoms with Crippen molar-refractivity contribution in [3.63, 3.8) is 0 Å². The molecular formula is C14H10N2O3Se. The van der Waals surface area contributed by atoms with E-state index in [-0.39, 0.29) is 26.0 Å². The molecule has 0 unspecified atom stereocenters. The molecule has 2 aromatic carbocycles. The van der Waals surface area contributed by atoms with Crippen molar-refractivity contribution >= 4 is 30.1 Å². The van der Waals surface area contributed by atoms with Gasteiger partial charge in [-0.25, -0.2) is 0 Å². The van der Waals surface area contributed by atoms with Crippen LogP contribution in [-0.4, -0.2) is 23.2 Å². The standard InChI is InChI=1S/C14H10N2O3Se/c1-9-6-7-11(12(8-9)16(18)19)15-14(17)10-4-2-3-5-13(10)20-15/h2-8H,1H3. The molecule has 0 radical (unpaired) electrons. The maximum absolute atomic E-state index is 12.4. The molecule has 0 N–H and O–H groups in total. The van der Waals surface area contributed by atoms with E-state index in [9.17, 15) is 14.9 Å². The van der Waals surface area contributed by atoms with Crippen LogP contribution in [0.1, 0.15) is 5.56 Å². The van der Waals surface area contributed by atoms with Gasteiger partial charge in [-0.1, -0.05) is 0 Å². The second-order valence-electron chi connectivity index (χ2n) is 4.44. The Kier molecular flexibility index (Phi) is 3.04. The average Bonchev–Trinajstić information content (AvgIpc) is 2.76. The molecule has 0 atom stereocenters. The van der Waals surface area contributed by atoms with Gasteiger partial charge in [0.2, 0.25) is 0 Å². The van der Waals surface area contributed by atoms with E-state index in [4.69, 9.17) is 0 Å².